The Balaban J connectivity index is 2.88. The lowest BCUT2D eigenvalue weighted by atomic mass is 9.63. The van der Waals surface area contributed by atoms with Gasteiger partial charge in [-0.05, 0) is 52.4 Å². The van der Waals surface area contributed by atoms with E-state index in [1.54, 1.807) is 0 Å². The van der Waals surface area contributed by atoms with Gasteiger partial charge in [0.2, 0.25) is 0 Å². The molecule has 0 aromatic heterocycles. The first-order chi connectivity index (χ1) is 9.24. The predicted octanol–water partition coefficient (Wildman–Crippen LogP) is 4.64. The second kappa shape index (κ2) is 7.01. The van der Waals surface area contributed by atoms with E-state index in [0.29, 0.717) is 6.42 Å². The summed E-state index contributed by atoms with van der Waals surface area (Å²) >= 11 is 0. The Hall–Kier alpha value is -1.18. The van der Waals surface area contributed by atoms with Crippen molar-refractivity contribution in [1.82, 2.24) is 0 Å². The maximum Gasteiger partial charge on any atom is 0.144 e. The maximum atomic E-state index is 12.3. The van der Waals surface area contributed by atoms with Gasteiger partial charge in [0.15, 0.2) is 0 Å². The molecule has 2 heteroatoms. The van der Waals surface area contributed by atoms with E-state index in [9.17, 15) is 9.59 Å². The van der Waals surface area contributed by atoms with Crippen LogP contribution in [0, 0.1) is 11.3 Å². The molecule has 0 aliphatic heterocycles. The molecule has 0 amide bonds. The zero-order valence-electron chi connectivity index (χ0n) is 13.6. The number of hydrogen-bond donors (Lipinski definition) is 0. The quantitative estimate of drug-likeness (QED) is 0.541. The van der Waals surface area contributed by atoms with Crippen LogP contribution in [0.5, 0.6) is 0 Å². The largest absolute Gasteiger partial charge is 0.299 e. The van der Waals surface area contributed by atoms with Crippen molar-refractivity contribution in [3.05, 3.63) is 23.3 Å². The van der Waals surface area contributed by atoms with Crippen LogP contribution in [0.2, 0.25) is 0 Å². The monoisotopic (exact) mass is 276 g/mol. The van der Waals surface area contributed by atoms with E-state index >= 15 is 0 Å². The maximum absolute atomic E-state index is 12.3. The Morgan fingerprint density at radius 3 is 2.30 bits per heavy atom. The fourth-order valence-electron chi connectivity index (χ4n) is 3.07. The van der Waals surface area contributed by atoms with Crippen molar-refractivity contribution in [3.63, 3.8) is 0 Å². The molecule has 1 rings (SSSR count). The highest BCUT2D eigenvalue weighted by Gasteiger charge is 2.43. The van der Waals surface area contributed by atoms with E-state index in [1.807, 2.05) is 0 Å². The molecule has 0 radical (unpaired) electrons. The van der Waals surface area contributed by atoms with Gasteiger partial charge in [0.1, 0.15) is 11.6 Å². The van der Waals surface area contributed by atoms with Crippen LogP contribution in [-0.2, 0) is 9.59 Å². The second-order valence-corrected chi connectivity index (χ2v) is 6.90. The minimum absolute atomic E-state index is 0.000613. The van der Waals surface area contributed by atoms with Gasteiger partial charge in [0, 0.05) is 12.3 Å². The molecule has 0 aromatic rings. The molecule has 1 fully saturated rings. The molecule has 2 atom stereocenters. The third-order valence-electron chi connectivity index (χ3n) is 4.23. The number of carbonyl (C=O) groups excluding carboxylic acids is 2. The lowest BCUT2D eigenvalue weighted by Gasteiger charge is -2.39. The summed E-state index contributed by atoms with van der Waals surface area (Å²) in [6.07, 6.45) is 7.67. The number of Topliss-reactive ketones (excluding diaryl/α,β-unsaturated/α-hetero) is 2. The summed E-state index contributed by atoms with van der Waals surface area (Å²) < 4.78 is 0. The summed E-state index contributed by atoms with van der Waals surface area (Å²) in [4.78, 5) is 24.1. The van der Waals surface area contributed by atoms with Crippen molar-refractivity contribution >= 4 is 11.6 Å². The molecule has 0 heterocycles. The number of ketones is 2. The van der Waals surface area contributed by atoms with Gasteiger partial charge < -0.3 is 0 Å². The fraction of sp³-hybridized carbons (Fsp3) is 0.667. The third kappa shape index (κ3) is 4.73. The molecule has 0 bridgehead atoms. The molecule has 0 saturated heterocycles. The number of allylic oxidation sites excluding steroid dienone is 4. The van der Waals surface area contributed by atoms with Gasteiger partial charge in [-0.25, -0.2) is 0 Å². The zero-order valence-corrected chi connectivity index (χ0v) is 13.6. The van der Waals surface area contributed by atoms with E-state index in [1.165, 1.54) is 11.1 Å². The zero-order chi connectivity index (χ0) is 15.3. The normalized spacial score (nSPS) is 26.4. The molecular formula is C18H28O2. The van der Waals surface area contributed by atoms with Gasteiger partial charge in [0.25, 0.3) is 0 Å². The molecule has 0 spiro atoms. The highest BCUT2D eigenvalue weighted by molar-refractivity contribution is 6.03. The van der Waals surface area contributed by atoms with Crippen molar-refractivity contribution in [2.45, 2.75) is 66.7 Å². The summed E-state index contributed by atoms with van der Waals surface area (Å²) in [5.41, 5.74) is 2.36. The van der Waals surface area contributed by atoms with Gasteiger partial charge in [-0.15, -0.1) is 0 Å². The molecule has 0 unspecified atom stereocenters. The van der Waals surface area contributed by atoms with Crippen LogP contribution in [0.4, 0.5) is 0 Å². The Kier molecular flexibility index (Phi) is 5.91. The van der Waals surface area contributed by atoms with Gasteiger partial charge >= 0.3 is 0 Å². The van der Waals surface area contributed by atoms with Gasteiger partial charge in [0.05, 0.1) is 6.42 Å². The average molecular weight is 276 g/mol. The minimum Gasteiger partial charge on any atom is -0.299 e. The first-order valence-corrected chi connectivity index (χ1v) is 7.56. The number of rotatable bonds is 5. The second-order valence-electron chi connectivity index (χ2n) is 6.90. The summed E-state index contributed by atoms with van der Waals surface area (Å²) in [6, 6.07) is 0. The molecule has 2 nitrogen and oxygen atoms in total. The van der Waals surface area contributed by atoms with Crippen LogP contribution in [0.15, 0.2) is 23.3 Å². The minimum atomic E-state index is -0.176. The first-order valence-electron chi connectivity index (χ1n) is 7.56. The van der Waals surface area contributed by atoms with Crippen LogP contribution in [0.3, 0.4) is 0 Å². The average Bonchev–Trinajstić information content (AvgIpc) is 2.25. The summed E-state index contributed by atoms with van der Waals surface area (Å²) in [7, 11) is 0. The predicted molar refractivity (Wildman–Crippen MR) is 83.6 cm³/mol. The first kappa shape index (κ1) is 16.9. The van der Waals surface area contributed by atoms with Crippen LogP contribution in [-0.4, -0.2) is 11.6 Å². The van der Waals surface area contributed by atoms with E-state index in [0.717, 1.165) is 19.3 Å². The Morgan fingerprint density at radius 1 is 1.15 bits per heavy atom. The van der Waals surface area contributed by atoms with Gasteiger partial charge in [-0.1, -0.05) is 30.2 Å². The van der Waals surface area contributed by atoms with Crippen molar-refractivity contribution < 1.29 is 9.59 Å². The smallest absolute Gasteiger partial charge is 0.144 e. The van der Waals surface area contributed by atoms with Gasteiger partial charge in [-0.3, -0.25) is 9.59 Å². The van der Waals surface area contributed by atoms with Crippen LogP contribution >= 0.6 is 0 Å². The molecule has 1 aliphatic carbocycles. The molecule has 0 aromatic carbocycles. The molecule has 0 N–H and O–H groups in total. The topological polar surface area (TPSA) is 34.1 Å². The lowest BCUT2D eigenvalue weighted by molar-refractivity contribution is -0.139. The Morgan fingerprint density at radius 2 is 1.75 bits per heavy atom. The standard InChI is InChI=1S/C18H28O2/c1-13(2)7-6-10-18(5)12-15(19)11-17(20)16(18)9-8-14(3)4/h7-8,16H,6,9-12H2,1-5H3/t16-,18+/m1/s1. The number of carbonyl (C=O) groups is 2. The van der Waals surface area contributed by atoms with Crippen molar-refractivity contribution in [2.75, 3.05) is 0 Å². The molecule has 20 heavy (non-hydrogen) atoms. The SMILES string of the molecule is CC(C)=CCC[C@@]1(C)CC(=O)CC(=O)[C@H]1CC=C(C)C. The van der Waals surface area contributed by atoms with Crippen LogP contribution in [0.25, 0.3) is 0 Å². The van der Waals surface area contributed by atoms with E-state index < -0.39 is 0 Å². The van der Waals surface area contributed by atoms with E-state index in [4.69, 9.17) is 0 Å². The molecule has 1 saturated carbocycles. The Bertz CT molecular complexity index is 434. The third-order valence-corrected chi connectivity index (χ3v) is 4.23. The van der Waals surface area contributed by atoms with Crippen molar-refractivity contribution in [2.24, 2.45) is 11.3 Å². The fourth-order valence-corrected chi connectivity index (χ4v) is 3.07. The van der Waals surface area contributed by atoms with Crippen molar-refractivity contribution in [1.29, 1.82) is 0 Å². The highest BCUT2D eigenvalue weighted by atomic mass is 16.1. The summed E-state index contributed by atoms with van der Waals surface area (Å²) in [5, 5.41) is 0. The van der Waals surface area contributed by atoms with Crippen LogP contribution < -0.4 is 0 Å². The molecule has 1 aliphatic rings. The van der Waals surface area contributed by atoms with E-state index in [-0.39, 0.29) is 29.3 Å². The molecular weight excluding hydrogens is 248 g/mol. The van der Waals surface area contributed by atoms with Crippen LogP contribution in [0.1, 0.15) is 66.7 Å². The summed E-state index contributed by atoms with van der Waals surface area (Å²) in [5.74, 6) is 0.252. The lowest BCUT2D eigenvalue weighted by Crippen LogP contribution is -2.41. The highest BCUT2D eigenvalue weighted by Crippen LogP contribution is 2.43. The molecule has 112 valence electrons. The van der Waals surface area contributed by atoms with Gasteiger partial charge in [-0.2, -0.15) is 0 Å². The summed E-state index contributed by atoms with van der Waals surface area (Å²) in [6.45, 7) is 10.4. The van der Waals surface area contributed by atoms with E-state index in [2.05, 4.69) is 46.8 Å². The van der Waals surface area contributed by atoms with Crippen molar-refractivity contribution in [3.8, 4) is 0 Å². The number of hydrogen-bond acceptors (Lipinski definition) is 2. The Labute approximate surface area is 123 Å².